The van der Waals surface area contributed by atoms with Gasteiger partial charge in [-0.1, -0.05) is 0 Å². The van der Waals surface area contributed by atoms with E-state index in [4.69, 9.17) is 0 Å². The Labute approximate surface area is 268 Å². The summed E-state index contributed by atoms with van der Waals surface area (Å²) in [6.45, 7) is 1.16. The molecular weight excluding hydrogens is 652 g/mol. The van der Waals surface area contributed by atoms with Crippen molar-refractivity contribution < 1.29 is 50.5 Å². The number of phenols is 1. The van der Waals surface area contributed by atoms with Gasteiger partial charge in [-0.25, -0.2) is 14.6 Å². The number of esters is 2. The number of aromatic hydroxyl groups is 1. The molecular formula is C30H29F6N7O5. The Balaban J connectivity index is 1.18. The van der Waals surface area contributed by atoms with Gasteiger partial charge >= 0.3 is 24.3 Å². The van der Waals surface area contributed by atoms with Crippen molar-refractivity contribution in [2.75, 3.05) is 18.0 Å². The van der Waals surface area contributed by atoms with E-state index in [-0.39, 0.29) is 17.6 Å². The average Bonchev–Trinajstić information content (AvgIpc) is 3.72. The molecule has 0 spiro atoms. The van der Waals surface area contributed by atoms with Crippen LogP contribution in [0.2, 0.25) is 0 Å². The monoisotopic (exact) mass is 681 g/mol. The van der Waals surface area contributed by atoms with E-state index in [9.17, 15) is 41.0 Å². The smallest absolute Gasteiger partial charge is 0.491 e. The number of halogens is 6. The van der Waals surface area contributed by atoms with Crippen LogP contribution in [0.25, 0.3) is 22.4 Å². The molecule has 4 saturated carbocycles. The number of anilines is 1. The topological polar surface area (TPSA) is 155 Å². The number of hydrogen-bond donors (Lipinski definition) is 3. The number of nitrogens with zero attached hydrogens (tertiary/aromatic N) is 5. The van der Waals surface area contributed by atoms with Crippen LogP contribution in [0, 0.1) is 23.7 Å². The zero-order valence-corrected chi connectivity index (χ0v) is 25.0. The molecule has 5 aliphatic rings. The molecule has 1 unspecified atom stereocenters. The molecule has 1 aliphatic heterocycles. The number of ether oxygens (including phenoxy) is 2. The highest BCUT2D eigenvalue weighted by molar-refractivity contribution is 5.92. The third-order valence-electron chi connectivity index (χ3n) is 9.81. The second kappa shape index (κ2) is 11.9. The van der Waals surface area contributed by atoms with Crippen LogP contribution in [0.4, 0.5) is 32.3 Å². The first-order valence-corrected chi connectivity index (χ1v) is 15.4. The molecule has 3 N–H and O–H groups in total. The highest BCUT2D eigenvalue weighted by atomic mass is 19.4. The minimum Gasteiger partial charge on any atom is -0.507 e. The second-order valence-electron chi connectivity index (χ2n) is 12.9. The lowest BCUT2D eigenvalue weighted by atomic mass is 9.54. The summed E-state index contributed by atoms with van der Waals surface area (Å²) in [6, 6.07) is 1.44. The normalized spacial score (nSPS) is 26.6. The fourth-order valence-corrected chi connectivity index (χ4v) is 8.06. The van der Waals surface area contributed by atoms with Crippen molar-refractivity contribution in [1.29, 1.82) is 0 Å². The van der Waals surface area contributed by atoms with Gasteiger partial charge in [-0.15, -0.1) is 10.2 Å². The number of H-pyrrole nitrogens is 1. The van der Waals surface area contributed by atoms with E-state index in [1.165, 1.54) is 32.1 Å². The number of phenolic OH excluding ortho intramolecular Hbond substituents is 1. The van der Waals surface area contributed by atoms with Gasteiger partial charge in [-0.05, 0) is 68.3 Å². The predicted molar refractivity (Wildman–Crippen MR) is 152 cm³/mol. The fourth-order valence-electron chi connectivity index (χ4n) is 8.06. The van der Waals surface area contributed by atoms with Gasteiger partial charge in [0, 0.05) is 42.5 Å². The maximum atomic E-state index is 13.3. The molecule has 3 heterocycles. The van der Waals surface area contributed by atoms with Crippen molar-refractivity contribution in [1.82, 2.24) is 30.7 Å². The zero-order valence-electron chi connectivity index (χ0n) is 25.0. The first kappa shape index (κ1) is 32.1. The van der Waals surface area contributed by atoms with Gasteiger partial charge in [0.15, 0.2) is 11.5 Å². The number of alkyl halides is 6. The van der Waals surface area contributed by atoms with Crippen LogP contribution in [-0.4, -0.2) is 79.9 Å². The minimum absolute atomic E-state index is 0.128. The first-order chi connectivity index (χ1) is 22.7. The Morgan fingerprint density at radius 2 is 1.56 bits per heavy atom. The quantitative estimate of drug-likeness (QED) is 0.183. The summed E-state index contributed by atoms with van der Waals surface area (Å²) in [4.78, 5) is 30.0. The number of aromatic amines is 1. The van der Waals surface area contributed by atoms with Crippen molar-refractivity contribution in [2.24, 2.45) is 23.7 Å². The van der Waals surface area contributed by atoms with Crippen LogP contribution >= 0.6 is 0 Å². The van der Waals surface area contributed by atoms with Gasteiger partial charge in [0.2, 0.25) is 5.95 Å². The highest BCUT2D eigenvalue weighted by Crippen LogP contribution is 2.54. The molecule has 4 aliphatic carbocycles. The van der Waals surface area contributed by atoms with E-state index < -0.39 is 58.4 Å². The fraction of sp³-hybridized carbons (Fsp3) is 0.533. The standard InChI is InChI=1S/C30H29F6N7O5/c31-29(32,33)26(45)47-24-19(17-9-38-39-10-17)8-21(44)22(25(24)48-27(46)30(34,35)36)20-11-37-28(42-41-20)43-2-1-18(12-43)40-23-15-4-13-3-14(6-15)7-16(23)5-13/h8-11,13-16,18,23,40,44H,1-7,12H2,(H,38,39). The molecule has 2 aromatic heterocycles. The summed E-state index contributed by atoms with van der Waals surface area (Å²) in [7, 11) is 0. The summed E-state index contributed by atoms with van der Waals surface area (Å²) in [5.41, 5.74) is -1.98. The van der Waals surface area contributed by atoms with Crippen LogP contribution in [-0.2, 0) is 9.59 Å². The SMILES string of the molecule is O=C(Oc1c(-c2cn[nH]c2)cc(O)c(-c2cnc(N3CCC(NC4C5CC6CC(C5)CC4C6)C3)nn2)c1OC(=O)C(F)(F)F)C(F)(F)F. The molecule has 0 amide bonds. The predicted octanol–water partition coefficient (Wildman–Crippen LogP) is 4.56. The van der Waals surface area contributed by atoms with Gasteiger partial charge in [0.25, 0.3) is 0 Å². The molecule has 48 heavy (non-hydrogen) atoms. The average molecular weight is 682 g/mol. The molecule has 0 radical (unpaired) electrons. The second-order valence-corrected chi connectivity index (χ2v) is 12.9. The molecule has 1 saturated heterocycles. The molecule has 1 aromatic carbocycles. The Kier molecular flexibility index (Phi) is 7.95. The molecule has 4 bridgehead atoms. The highest BCUT2D eigenvalue weighted by Gasteiger charge is 2.49. The Morgan fingerprint density at radius 3 is 2.12 bits per heavy atom. The summed E-state index contributed by atoms with van der Waals surface area (Å²) >= 11 is 0. The number of carbonyl (C=O) groups excluding carboxylic acids is 2. The summed E-state index contributed by atoms with van der Waals surface area (Å²) in [5.74, 6) is -6.01. The number of hydrogen-bond acceptors (Lipinski definition) is 11. The number of benzene rings is 1. The van der Waals surface area contributed by atoms with E-state index in [2.05, 4.69) is 40.2 Å². The Morgan fingerprint density at radius 1 is 0.917 bits per heavy atom. The third kappa shape index (κ3) is 6.12. The maximum absolute atomic E-state index is 13.3. The lowest BCUT2D eigenvalue weighted by Crippen LogP contribution is -2.57. The first-order valence-electron chi connectivity index (χ1n) is 15.4. The van der Waals surface area contributed by atoms with Gasteiger partial charge in [0.1, 0.15) is 11.4 Å². The third-order valence-corrected chi connectivity index (χ3v) is 9.81. The van der Waals surface area contributed by atoms with Gasteiger partial charge < -0.3 is 24.8 Å². The molecule has 12 nitrogen and oxygen atoms in total. The Bertz CT molecular complexity index is 1670. The van der Waals surface area contributed by atoms with Gasteiger partial charge in [-0.2, -0.15) is 31.4 Å². The van der Waals surface area contributed by atoms with Crippen LogP contribution in [0.1, 0.15) is 38.5 Å². The maximum Gasteiger partial charge on any atom is 0.491 e. The van der Waals surface area contributed by atoms with E-state index >= 15 is 0 Å². The summed E-state index contributed by atoms with van der Waals surface area (Å²) in [6.07, 6.45) is -0.873. The largest absolute Gasteiger partial charge is 0.507 e. The van der Waals surface area contributed by atoms with Crippen LogP contribution in [0.15, 0.2) is 24.7 Å². The van der Waals surface area contributed by atoms with Crippen LogP contribution in [0.3, 0.4) is 0 Å². The molecule has 3 aromatic rings. The van der Waals surface area contributed by atoms with Crippen molar-refractivity contribution in [3.8, 4) is 39.6 Å². The van der Waals surface area contributed by atoms with Crippen molar-refractivity contribution in [3.63, 3.8) is 0 Å². The summed E-state index contributed by atoms with van der Waals surface area (Å²) in [5, 5.41) is 28.8. The zero-order chi connectivity index (χ0) is 34.0. The molecule has 8 rings (SSSR count). The van der Waals surface area contributed by atoms with Gasteiger partial charge in [0.05, 0.1) is 18.0 Å². The van der Waals surface area contributed by atoms with Crippen molar-refractivity contribution in [3.05, 3.63) is 24.7 Å². The lowest BCUT2D eigenvalue weighted by molar-refractivity contribution is -0.191. The Hall–Kier alpha value is -4.48. The minimum atomic E-state index is -5.63. The molecule has 1 atom stereocenters. The summed E-state index contributed by atoms with van der Waals surface area (Å²) < 4.78 is 88.7. The number of rotatable bonds is 7. The number of carbonyl (C=O) groups is 2. The molecule has 5 fully saturated rings. The van der Waals surface area contributed by atoms with Crippen molar-refractivity contribution >= 4 is 17.9 Å². The number of nitrogens with one attached hydrogen (secondary N) is 2. The lowest BCUT2D eigenvalue weighted by Gasteiger charge is -2.55. The van der Waals surface area contributed by atoms with E-state index in [0.717, 1.165) is 42.9 Å². The number of aromatic nitrogens is 5. The van der Waals surface area contributed by atoms with E-state index in [1.807, 2.05) is 4.90 Å². The van der Waals surface area contributed by atoms with Crippen LogP contribution in [0.5, 0.6) is 17.2 Å². The van der Waals surface area contributed by atoms with Crippen LogP contribution < -0.4 is 19.7 Å². The van der Waals surface area contributed by atoms with Crippen molar-refractivity contribution in [2.45, 2.75) is 63.0 Å². The molecule has 18 heteroatoms. The van der Waals surface area contributed by atoms with E-state index in [0.29, 0.717) is 31.0 Å². The van der Waals surface area contributed by atoms with Gasteiger partial charge in [-0.3, -0.25) is 5.10 Å². The van der Waals surface area contributed by atoms with E-state index in [1.54, 1.807) is 0 Å². The molecule has 256 valence electrons.